The Morgan fingerprint density at radius 3 is 2.68 bits per heavy atom. The van der Waals surface area contributed by atoms with Crippen molar-refractivity contribution in [3.05, 3.63) is 34.4 Å². The summed E-state index contributed by atoms with van der Waals surface area (Å²) >= 11 is 1.94. The van der Waals surface area contributed by atoms with Crippen LogP contribution in [0.5, 0.6) is 0 Å². The number of sulfonamides is 1. The lowest BCUT2D eigenvalue weighted by molar-refractivity contribution is -0.385. The summed E-state index contributed by atoms with van der Waals surface area (Å²) in [5.74, 6) is 2.27. The summed E-state index contributed by atoms with van der Waals surface area (Å²) in [4.78, 5) is 10.00. The summed E-state index contributed by atoms with van der Waals surface area (Å²) in [5, 5.41) is 14.0. The van der Waals surface area contributed by atoms with Gasteiger partial charge in [-0.25, -0.2) is 13.1 Å². The van der Waals surface area contributed by atoms with Crippen molar-refractivity contribution in [1.82, 2.24) is 10.0 Å². The van der Waals surface area contributed by atoms with Gasteiger partial charge in [-0.05, 0) is 30.4 Å². The molecule has 0 radical (unpaired) electrons. The van der Waals surface area contributed by atoms with E-state index in [2.05, 4.69) is 10.0 Å². The maximum atomic E-state index is 12.1. The van der Waals surface area contributed by atoms with Crippen molar-refractivity contribution < 1.29 is 13.3 Å². The first-order chi connectivity index (χ1) is 10.5. The van der Waals surface area contributed by atoms with Crippen LogP contribution in [0, 0.1) is 10.1 Å². The van der Waals surface area contributed by atoms with Crippen LogP contribution in [0.15, 0.2) is 29.2 Å². The van der Waals surface area contributed by atoms with Gasteiger partial charge in [0.05, 0.1) is 9.82 Å². The Kier molecular flexibility index (Phi) is 6.18. The van der Waals surface area contributed by atoms with Crippen LogP contribution in [0.25, 0.3) is 0 Å². The van der Waals surface area contributed by atoms with Crippen molar-refractivity contribution in [1.29, 1.82) is 0 Å². The summed E-state index contributed by atoms with van der Waals surface area (Å²) in [7, 11) is -3.72. The quantitative estimate of drug-likeness (QED) is 0.439. The summed E-state index contributed by atoms with van der Waals surface area (Å²) in [6.45, 7) is 0.804. The first-order valence-corrected chi connectivity index (χ1v) is 9.68. The number of nitro groups is 1. The highest BCUT2D eigenvalue weighted by atomic mass is 32.2. The third-order valence-corrected chi connectivity index (χ3v) is 5.92. The van der Waals surface area contributed by atoms with E-state index in [1.54, 1.807) is 0 Å². The lowest BCUT2D eigenvalue weighted by atomic mass is 10.1. The molecule has 122 valence electrons. The molecule has 1 aromatic carbocycles. The molecule has 0 bridgehead atoms. The standard InChI is InChI=1S/C13H19N3O4S2/c17-16(18)12-2-1-3-13(10-12)22(19,20)15-7-6-14-11-4-8-21-9-5-11/h1-3,10-11,14-15H,4-9H2. The van der Waals surface area contributed by atoms with Crippen LogP contribution in [0.4, 0.5) is 5.69 Å². The number of nitro benzene ring substituents is 1. The normalized spacial score (nSPS) is 16.5. The number of thioether (sulfide) groups is 1. The Labute approximate surface area is 134 Å². The number of benzene rings is 1. The van der Waals surface area contributed by atoms with E-state index < -0.39 is 14.9 Å². The number of non-ortho nitro benzene ring substituents is 1. The van der Waals surface area contributed by atoms with Gasteiger partial charge in [-0.1, -0.05) is 6.07 Å². The molecule has 9 heteroatoms. The lowest BCUT2D eigenvalue weighted by Crippen LogP contribution is -2.38. The second-order valence-corrected chi connectivity index (χ2v) is 7.98. The van der Waals surface area contributed by atoms with Gasteiger partial charge < -0.3 is 5.32 Å². The summed E-state index contributed by atoms with van der Waals surface area (Å²) < 4.78 is 26.6. The average Bonchev–Trinajstić information content (AvgIpc) is 2.53. The molecule has 1 saturated heterocycles. The van der Waals surface area contributed by atoms with Crippen LogP contribution < -0.4 is 10.0 Å². The van der Waals surface area contributed by atoms with Gasteiger partial charge in [0.1, 0.15) is 0 Å². The fourth-order valence-corrected chi connectivity index (χ4v) is 4.39. The Bertz CT molecular complexity index is 615. The van der Waals surface area contributed by atoms with Gasteiger partial charge in [0, 0.05) is 31.3 Å². The largest absolute Gasteiger partial charge is 0.313 e. The minimum atomic E-state index is -3.72. The molecule has 2 rings (SSSR count). The highest BCUT2D eigenvalue weighted by Gasteiger charge is 2.17. The molecule has 1 aromatic rings. The van der Waals surface area contributed by atoms with E-state index in [0.717, 1.165) is 30.4 Å². The van der Waals surface area contributed by atoms with Gasteiger partial charge in [0.15, 0.2) is 0 Å². The first-order valence-electron chi connectivity index (χ1n) is 7.04. The first kappa shape index (κ1) is 17.2. The van der Waals surface area contributed by atoms with E-state index >= 15 is 0 Å². The number of nitrogens with zero attached hydrogens (tertiary/aromatic N) is 1. The molecular weight excluding hydrogens is 326 g/mol. The van der Waals surface area contributed by atoms with E-state index in [9.17, 15) is 18.5 Å². The fourth-order valence-electron chi connectivity index (χ4n) is 2.21. The summed E-state index contributed by atoms with van der Waals surface area (Å²) in [6.07, 6.45) is 2.20. The molecule has 2 N–H and O–H groups in total. The smallest absolute Gasteiger partial charge is 0.270 e. The molecule has 0 amide bonds. The Morgan fingerprint density at radius 1 is 1.27 bits per heavy atom. The SMILES string of the molecule is O=[N+]([O-])c1cccc(S(=O)(=O)NCCNC2CCSCC2)c1. The monoisotopic (exact) mass is 345 g/mol. The van der Waals surface area contributed by atoms with Crippen LogP contribution in [0.1, 0.15) is 12.8 Å². The predicted molar refractivity (Wildman–Crippen MR) is 86.6 cm³/mol. The van der Waals surface area contributed by atoms with Crippen molar-refractivity contribution in [2.45, 2.75) is 23.8 Å². The molecule has 1 aliphatic heterocycles. The lowest BCUT2D eigenvalue weighted by Gasteiger charge is -2.22. The van der Waals surface area contributed by atoms with Crippen LogP contribution in [-0.2, 0) is 10.0 Å². The Balaban J connectivity index is 1.85. The van der Waals surface area contributed by atoms with E-state index in [4.69, 9.17) is 0 Å². The summed E-state index contributed by atoms with van der Waals surface area (Å²) in [5.41, 5.74) is -0.235. The molecule has 0 aliphatic carbocycles. The molecule has 1 fully saturated rings. The van der Waals surface area contributed by atoms with Crippen molar-refractivity contribution in [3.8, 4) is 0 Å². The van der Waals surface area contributed by atoms with E-state index in [0.29, 0.717) is 12.6 Å². The zero-order valence-corrected chi connectivity index (χ0v) is 13.7. The maximum Gasteiger partial charge on any atom is 0.270 e. The Morgan fingerprint density at radius 2 is 2.00 bits per heavy atom. The van der Waals surface area contributed by atoms with Crippen molar-refractivity contribution in [2.75, 3.05) is 24.6 Å². The molecule has 0 unspecified atom stereocenters. The minimum absolute atomic E-state index is 0.0873. The van der Waals surface area contributed by atoms with E-state index in [1.165, 1.54) is 18.2 Å². The highest BCUT2D eigenvalue weighted by Crippen LogP contribution is 2.17. The number of rotatable bonds is 7. The molecule has 0 spiro atoms. The zero-order chi connectivity index (χ0) is 16.0. The van der Waals surface area contributed by atoms with Crippen molar-refractivity contribution in [2.24, 2.45) is 0 Å². The van der Waals surface area contributed by atoms with Crippen LogP contribution in [0.2, 0.25) is 0 Å². The molecule has 22 heavy (non-hydrogen) atoms. The highest BCUT2D eigenvalue weighted by molar-refractivity contribution is 7.99. The third-order valence-electron chi connectivity index (χ3n) is 3.41. The molecule has 1 aliphatic rings. The molecular formula is C13H19N3O4S2. The molecule has 7 nitrogen and oxygen atoms in total. The van der Waals surface area contributed by atoms with Gasteiger partial charge >= 0.3 is 0 Å². The minimum Gasteiger partial charge on any atom is -0.313 e. The fraction of sp³-hybridized carbons (Fsp3) is 0.538. The van der Waals surface area contributed by atoms with Crippen molar-refractivity contribution >= 4 is 27.5 Å². The van der Waals surface area contributed by atoms with Crippen LogP contribution in [0.3, 0.4) is 0 Å². The Hall–Kier alpha value is -1.16. The molecule has 0 saturated carbocycles. The maximum absolute atomic E-state index is 12.1. The molecule has 0 aromatic heterocycles. The van der Waals surface area contributed by atoms with Gasteiger partial charge in [-0.15, -0.1) is 0 Å². The summed E-state index contributed by atoms with van der Waals surface area (Å²) in [6, 6.07) is 5.49. The second kappa shape index (κ2) is 7.91. The van der Waals surface area contributed by atoms with Gasteiger partial charge in [-0.2, -0.15) is 11.8 Å². The van der Waals surface area contributed by atoms with Crippen molar-refractivity contribution in [3.63, 3.8) is 0 Å². The van der Waals surface area contributed by atoms with Gasteiger partial charge in [0.2, 0.25) is 10.0 Å². The van der Waals surface area contributed by atoms with Crippen LogP contribution in [-0.4, -0.2) is 44.0 Å². The van der Waals surface area contributed by atoms with Crippen LogP contribution >= 0.6 is 11.8 Å². The van der Waals surface area contributed by atoms with E-state index in [1.807, 2.05) is 11.8 Å². The van der Waals surface area contributed by atoms with Gasteiger partial charge in [0.25, 0.3) is 5.69 Å². The van der Waals surface area contributed by atoms with Gasteiger partial charge in [-0.3, -0.25) is 10.1 Å². The second-order valence-electron chi connectivity index (χ2n) is 4.99. The zero-order valence-electron chi connectivity index (χ0n) is 12.0. The topological polar surface area (TPSA) is 101 Å². The average molecular weight is 345 g/mol. The molecule has 1 heterocycles. The number of nitrogens with one attached hydrogen (secondary N) is 2. The molecule has 0 atom stereocenters. The third kappa shape index (κ3) is 4.94. The van der Waals surface area contributed by atoms with E-state index in [-0.39, 0.29) is 17.1 Å². The predicted octanol–water partition coefficient (Wildman–Crippen LogP) is 1.36. The number of hydrogen-bond acceptors (Lipinski definition) is 6. The number of hydrogen-bond donors (Lipinski definition) is 2.